The van der Waals surface area contributed by atoms with Crippen LogP contribution in [0.4, 0.5) is 22.7 Å². The molecule has 11 aromatic carbocycles. The van der Waals surface area contributed by atoms with Crippen LogP contribution < -0.4 is 9.80 Å². The van der Waals surface area contributed by atoms with E-state index in [0.29, 0.717) is 12.1 Å². The van der Waals surface area contributed by atoms with Gasteiger partial charge in [0.2, 0.25) is 0 Å². The van der Waals surface area contributed by atoms with Gasteiger partial charge in [0.15, 0.2) is 0 Å². The van der Waals surface area contributed by atoms with Gasteiger partial charge in [-0.2, -0.15) is 0 Å². The molecule has 0 radical (unpaired) electrons. The van der Waals surface area contributed by atoms with Gasteiger partial charge in [-0.05, 0) is 125 Å². The lowest BCUT2D eigenvalue weighted by atomic mass is 9.78. The van der Waals surface area contributed by atoms with Gasteiger partial charge < -0.3 is 18.9 Å². The summed E-state index contributed by atoms with van der Waals surface area (Å²) in [5.41, 5.74) is 26.6. The van der Waals surface area contributed by atoms with Gasteiger partial charge in [0.1, 0.15) is 6.17 Å². The fourth-order valence-electron chi connectivity index (χ4n) is 15.5. The molecule has 0 N–H and O–H groups in total. The Morgan fingerprint density at radius 3 is 1.31 bits per heavy atom. The molecule has 4 nitrogen and oxygen atoms in total. The largest absolute Gasteiger partial charge is 0.344 e. The van der Waals surface area contributed by atoms with E-state index in [9.17, 15) is 0 Å². The minimum atomic E-state index is 0.232. The highest BCUT2D eigenvalue weighted by Gasteiger charge is 2.73. The van der Waals surface area contributed by atoms with E-state index in [4.69, 9.17) is 0 Å². The number of allylic oxidation sites excluding steroid dienone is 1. The molecule has 3 atom stereocenters. The zero-order valence-corrected chi connectivity index (χ0v) is 51.1. The molecule has 0 bridgehead atoms. The molecule has 1 fully saturated rings. The summed E-state index contributed by atoms with van der Waals surface area (Å²) in [7, 11) is 0. The zero-order valence-electron chi connectivity index (χ0n) is 51.1. The van der Waals surface area contributed by atoms with Gasteiger partial charge >= 0.3 is 0 Å². The highest BCUT2D eigenvalue weighted by atomic mass is 15.5. The fraction of sp³-hybridized carbons (Fsp3) is 0.143. The van der Waals surface area contributed by atoms with E-state index in [1.807, 2.05) is 0 Å². The van der Waals surface area contributed by atoms with Crippen LogP contribution in [0.1, 0.15) is 70.7 Å². The number of anilines is 4. The van der Waals surface area contributed by atoms with E-state index in [1.165, 1.54) is 124 Å². The van der Waals surface area contributed by atoms with Crippen LogP contribution in [-0.2, 0) is 12.0 Å². The lowest BCUT2D eigenvalue weighted by molar-refractivity contribution is 0.372. The third-order valence-electron chi connectivity index (χ3n) is 19.5. The van der Waals surface area contributed by atoms with Crippen LogP contribution in [-0.4, -0.2) is 15.3 Å². The number of hydrogen-bond acceptors (Lipinski definition) is 2. The molecule has 428 valence electrons. The number of para-hydroxylation sites is 4. The van der Waals surface area contributed by atoms with E-state index in [-0.39, 0.29) is 10.8 Å². The lowest BCUT2D eigenvalue weighted by Crippen LogP contribution is -2.50. The normalized spacial score (nSPS) is 17.2. The summed E-state index contributed by atoms with van der Waals surface area (Å²) in [6.45, 7) is 14.9. The molecular weight excluding hydrogens is 1060 g/mol. The van der Waals surface area contributed by atoms with Gasteiger partial charge in [0.05, 0.1) is 22.8 Å². The molecule has 4 heteroatoms. The Labute approximate surface area is 518 Å². The molecule has 1 saturated carbocycles. The Balaban J connectivity index is 0.000000206. The number of benzene rings is 11. The first-order valence-electron chi connectivity index (χ1n) is 31.5. The fourth-order valence-corrected chi connectivity index (χ4v) is 15.5. The summed E-state index contributed by atoms with van der Waals surface area (Å²) in [5, 5.41) is 3.71. The number of fused-ring (bicyclic) bond motifs is 10. The van der Waals surface area contributed by atoms with Crippen molar-refractivity contribution in [2.24, 2.45) is 5.41 Å². The summed E-state index contributed by atoms with van der Waals surface area (Å²) in [6.07, 6.45) is 6.06. The summed E-state index contributed by atoms with van der Waals surface area (Å²) in [4.78, 5) is 5.16. The topological polar surface area (TPSA) is 16.3 Å². The number of aryl methyl sites for hydroxylation is 1. The van der Waals surface area contributed by atoms with Crippen molar-refractivity contribution in [2.75, 3.05) is 9.80 Å². The second-order valence-electron chi connectivity index (χ2n) is 24.8. The first-order valence-corrected chi connectivity index (χ1v) is 31.5. The maximum atomic E-state index is 2.59. The van der Waals surface area contributed by atoms with Crippen molar-refractivity contribution in [1.29, 1.82) is 0 Å². The average Bonchev–Trinajstić information content (AvgIpc) is 1.48. The van der Waals surface area contributed by atoms with E-state index in [0.717, 1.165) is 23.4 Å². The highest BCUT2D eigenvalue weighted by molar-refractivity contribution is 6.26. The lowest BCUT2D eigenvalue weighted by Gasteiger charge is -2.44. The Hall–Kier alpha value is -10.2. The number of nitrogens with zero attached hydrogens (tertiary/aromatic N) is 4. The van der Waals surface area contributed by atoms with Gasteiger partial charge in [-0.15, -0.1) is 0 Å². The van der Waals surface area contributed by atoms with Crippen molar-refractivity contribution < 1.29 is 0 Å². The molecule has 13 aromatic rings. The SMILES string of the molecule is C/C=C\c1c(C(C)C)n(CC)c2ccc(-n3c(-c4ccccc4)c4c(-c5ccccc5)c(-c5ccccc5)c(-c5ccccc5)c(-c5ccccc5)c4c3-c3ccccc3)cc12.CC12CC1(C)C1N(c3ccccc3)c3ccccc3N1c1ccccc12. The van der Waals surface area contributed by atoms with Crippen LogP contribution in [0.3, 0.4) is 0 Å². The Kier molecular flexibility index (Phi) is 13.6. The second kappa shape index (κ2) is 22.0. The van der Waals surface area contributed by atoms with Crippen molar-refractivity contribution in [1.82, 2.24) is 9.13 Å². The maximum absolute atomic E-state index is 2.59. The van der Waals surface area contributed by atoms with E-state index in [2.05, 4.69) is 352 Å². The minimum Gasteiger partial charge on any atom is -0.344 e. The van der Waals surface area contributed by atoms with E-state index < -0.39 is 0 Å². The number of rotatable bonds is 11. The monoisotopic (exact) mass is 1140 g/mol. The summed E-state index contributed by atoms with van der Waals surface area (Å²) in [6, 6.07) is 102. The van der Waals surface area contributed by atoms with E-state index in [1.54, 1.807) is 0 Å². The van der Waals surface area contributed by atoms with Crippen molar-refractivity contribution in [2.45, 2.75) is 72.0 Å². The molecule has 16 rings (SSSR count). The standard InChI is InChI=1S/C60H50N2.C24H22N2/c1-5-25-49-50-40-48(38-39-51(50)61(6-2)58(49)41(3)4)62-59(46-34-21-11-22-35-46)56-54(44-30-17-9-18-31-44)52(42-26-13-7-14-27-42)53(43-28-15-8-16-29-43)55(45-32-19-10-20-33-45)57(56)60(62)47-36-23-12-24-37-47;1-23-16-24(23,2)22-25(17-10-4-3-5-11-17)20-14-8-9-15-21(20)26(22)19-13-7-6-12-18(19)23/h5,7-41H,6H2,1-4H3;3-15,22H,16H2,1-2H3/b25-5-;. The molecule has 2 aliphatic heterocycles. The molecule has 88 heavy (non-hydrogen) atoms. The smallest absolute Gasteiger partial charge is 0.117 e. The molecular formula is C84H72N4. The molecule has 3 unspecified atom stereocenters. The van der Waals surface area contributed by atoms with E-state index >= 15 is 0 Å². The van der Waals surface area contributed by atoms with Gasteiger partial charge in [-0.3, -0.25) is 0 Å². The van der Waals surface area contributed by atoms with Crippen molar-refractivity contribution in [3.8, 4) is 72.7 Å². The second-order valence-corrected chi connectivity index (χ2v) is 24.8. The van der Waals surface area contributed by atoms with Gasteiger partial charge in [-0.1, -0.05) is 270 Å². The maximum Gasteiger partial charge on any atom is 0.117 e. The quantitative estimate of drug-likeness (QED) is 0.128. The van der Waals surface area contributed by atoms with Crippen LogP contribution in [0.2, 0.25) is 0 Å². The van der Waals surface area contributed by atoms with Crippen molar-refractivity contribution in [3.63, 3.8) is 0 Å². The highest BCUT2D eigenvalue weighted by Crippen LogP contribution is 2.75. The van der Waals surface area contributed by atoms with Crippen LogP contribution in [0, 0.1) is 5.41 Å². The Morgan fingerprint density at radius 1 is 0.443 bits per heavy atom. The molecule has 3 aliphatic rings. The van der Waals surface area contributed by atoms with Crippen LogP contribution in [0.5, 0.6) is 0 Å². The predicted octanol–water partition coefficient (Wildman–Crippen LogP) is 22.7. The summed E-state index contributed by atoms with van der Waals surface area (Å²) in [5.74, 6) is 0.362. The van der Waals surface area contributed by atoms with Crippen LogP contribution >= 0.6 is 0 Å². The summed E-state index contributed by atoms with van der Waals surface area (Å²) < 4.78 is 5.11. The van der Waals surface area contributed by atoms with Gasteiger partial charge in [-0.25, -0.2) is 0 Å². The number of hydrogen-bond donors (Lipinski definition) is 0. The van der Waals surface area contributed by atoms with Crippen molar-refractivity contribution in [3.05, 3.63) is 302 Å². The Bertz CT molecular complexity index is 4570. The Morgan fingerprint density at radius 2 is 0.852 bits per heavy atom. The van der Waals surface area contributed by atoms with Crippen molar-refractivity contribution >= 4 is 50.5 Å². The predicted molar refractivity (Wildman–Crippen MR) is 373 cm³/mol. The molecule has 1 aliphatic carbocycles. The third-order valence-corrected chi connectivity index (χ3v) is 19.5. The zero-order chi connectivity index (χ0) is 59.7. The van der Waals surface area contributed by atoms with Gasteiger partial charge in [0, 0.05) is 78.5 Å². The summed E-state index contributed by atoms with van der Waals surface area (Å²) >= 11 is 0. The van der Waals surface area contributed by atoms with Gasteiger partial charge in [0.25, 0.3) is 0 Å². The molecule has 0 amide bonds. The molecule has 0 spiro atoms. The molecule has 4 heterocycles. The third kappa shape index (κ3) is 8.55. The van der Waals surface area contributed by atoms with Crippen LogP contribution in [0.15, 0.2) is 285 Å². The first-order chi connectivity index (χ1) is 43.2. The van der Waals surface area contributed by atoms with Crippen LogP contribution in [0.25, 0.3) is 100 Å². The molecule has 0 saturated heterocycles. The number of aromatic nitrogens is 2. The molecule has 2 aromatic heterocycles. The minimum absolute atomic E-state index is 0.232. The first kappa shape index (κ1) is 54.5. The average molecular weight is 1140 g/mol.